The van der Waals surface area contributed by atoms with Gasteiger partial charge in [0.05, 0.1) is 17.2 Å². The number of urea groups is 1. The lowest BCUT2D eigenvalue weighted by Gasteiger charge is -2.17. The first-order chi connectivity index (χ1) is 9.72. The van der Waals surface area contributed by atoms with Crippen molar-refractivity contribution in [1.29, 1.82) is 0 Å². The van der Waals surface area contributed by atoms with Crippen LogP contribution in [0.4, 0.5) is 22.2 Å². The first-order valence-electron chi connectivity index (χ1n) is 5.56. The van der Waals surface area contributed by atoms with Gasteiger partial charge in [-0.15, -0.1) is 0 Å². The van der Waals surface area contributed by atoms with Crippen molar-refractivity contribution in [2.24, 2.45) is 10.8 Å². The van der Waals surface area contributed by atoms with Crippen LogP contribution in [0.5, 0.6) is 0 Å². The van der Waals surface area contributed by atoms with E-state index in [1.165, 1.54) is 11.9 Å². The molecule has 0 atom stereocenters. The fraction of sp³-hybridized carbons (Fsp3) is 0.333. The number of anilines is 2. The van der Waals surface area contributed by atoms with Gasteiger partial charge in [0.1, 0.15) is 0 Å². The molecule has 0 spiro atoms. The fourth-order valence-electron chi connectivity index (χ4n) is 1.51. The zero-order valence-corrected chi connectivity index (χ0v) is 11.3. The zero-order valence-electron chi connectivity index (χ0n) is 11.3. The molecule has 0 aromatic carbocycles. The van der Waals surface area contributed by atoms with E-state index in [9.17, 15) is 19.7 Å². The highest BCUT2D eigenvalue weighted by molar-refractivity contribution is 5.87. The second kappa shape index (κ2) is 6.31. The number of hydrazone groups is 1. The summed E-state index contributed by atoms with van der Waals surface area (Å²) in [6, 6.07) is -0.846. The Hall–Kier alpha value is -3.18. The molecule has 1 heterocycles. The summed E-state index contributed by atoms with van der Waals surface area (Å²) in [5, 5.41) is 14.6. The highest BCUT2D eigenvalue weighted by Gasteiger charge is 2.25. The number of hydrogen-bond acceptors (Lipinski definition) is 8. The van der Waals surface area contributed by atoms with Crippen molar-refractivity contribution >= 4 is 29.2 Å². The molecule has 0 aliphatic rings. The molecular formula is C9H14N8O4. The van der Waals surface area contributed by atoms with Gasteiger partial charge in [-0.2, -0.15) is 10.1 Å². The lowest BCUT2D eigenvalue weighted by atomic mass is 10.3. The van der Waals surface area contributed by atoms with Crippen LogP contribution in [0.25, 0.3) is 0 Å². The summed E-state index contributed by atoms with van der Waals surface area (Å²) in [6.07, 6.45) is 0. The molecule has 0 saturated carbocycles. The molecule has 0 unspecified atom stereocenters. The molecule has 1 aromatic rings. The highest BCUT2D eigenvalue weighted by atomic mass is 16.6. The molecule has 1 aromatic heterocycles. The van der Waals surface area contributed by atoms with Gasteiger partial charge in [0.15, 0.2) is 0 Å². The van der Waals surface area contributed by atoms with Gasteiger partial charge in [0.25, 0.3) is 0 Å². The van der Waals surface area contributed by atoms with Crippen molar-refractivity contribution in [1.82, 2.24) is 15.4 Å². The van der Waals surface area contributed by atoms with Crippen LogP contribution in [-0.2, 0) is 0 Å². The number of nitrogens with two attached hydrogens (primary N) is 2. The van der Waals surface area contributed by atoms with Gasteiger partial charge >= 0.3 is 17.3 Å². The van der Waals surface area contributed by atoms with Gasteiger partial charge in [-0.25, -0.2) is 10.2 Å². The number of primary amides is 1. The van der Waals surface area contributed by atoms with Crippen molar-refractivity contribution in [3.05, 3.63) is 20.5 Å². The molecule has 0 fully saturated rings. The Bertz CT molecular complexity index is 652. The van der Waals surface area contributed by atoms with E-state index in [1.807, 2.05) is 10.4 Å². The molecule has 0 saturated heterocycles. The fourth-order valence-corrected chi connectivity index (χ4v) is 1.51. The zero-order chi connectivity index (χ0) is 16.2. The van der Waals surface area contributed by atoms with Crippen LogP contribution >= 0.6 is 0 Å². The number of nitrogens with one attached hydrogen (secondary N) is 2. The van der Waals surface area contributed by atoms with Gasteiger partial charge in [-0.3, -0.25) is 19.9 Å². The Morgan fingerprint density at radius 2 is 2.24 bits per heavy atom. The van der Waals surface area contributed by atoms with Gasteiger partial charge < -0.3 is 16.4 Å². The number of carbonyl (C=O) groups is 1. The molecule has 0 aliphatic heterocycles. The molecule has 6 N–H and O–H groups in total. The van der Waals surface area contributed by atoms with Crippen molar-refractivity contribution in [2.45, 2.75) is 6.92 Å². The van der Waals surface area contributed by atoms with Crippen LogP contribution in [-0.4, -0.2) is 40.2 Å². The van der Waals surface area contributed by atoms with Crippen LogP contribution in [0.1, 0.15) is 6.92 Å². The molecular weight excluding hydrogens is 284 g/mol. The second-order valence-electron chi connectivity index (χ2n) is 4.06. The molecule has 0 bridgehead atoms. The number of hydrogen-bond donors (Lipinski definition) is 4. The van der Waals surface area contributed by atoms with Gasteiger partial charge in [-0.1, -0.05) is 0 Å². The Kier molecular flexibility index (Phi) is 4.77. The number of aromatic amines is 1. The molecule has 114 valence electrons. The number of H-pyrrole nitrogens is 1. The van der Waals surface area contributed by atoms with Crippen LogP contribution in [0.15, 0.2) is 9.90 Å². The van der Waals surface area contributed by atoms with Gasteiger partial charge in [0, 0.05) is 7.05 Å². The average Bonchev–Trinajstić information content (AvgIpc) is 2.34. The van der Waals surface area contributed by atoms with E-state index >= 15 is 0 Å². The van der Waals surface area contributed by atoms with Crippen LogP contribution in [0.3, 0.4) is 0 Å². The topological polar surface area (TPSA) is 186 Å². The van der Waals surface area contributed by atoms with E-state index in [-0.39, 0.29) is 18.3 Å². The maximum atomic E-state index is 11.6. The number of amides is 2. The summed E-state index contributed by atoms with van der Waals surface area (Å²) in [5.74, 6) is -0.466. The standard InChI is InChI=1S/C9H14N8O4/c1-4(14-15-9(11)19)3-16(2)6-5(17(20)21)7(18)13-8(10)12-6/h3H2,1-2H3,(H3,11,15,19)(H3,10,12,13,18)/b14-4-. The van der Waals surface area contributed by atoms with Gasteiger partial charge in [-0.05, 0) is 6.92 Å². The third-order valence-electron chi connectivity index (χ3n) is 2.26. The largest absolute Gasteiger partial charge is 0.375 e. The molecule has 21 heavy (non-hydrogen) atoms. The van der Waals surface area contributed by atoms with E-state index < -0.39 is 22.2 Å². The monoisotopic (exact) mass is 298 g/mol. The van der Waals surface area contributed by atoms with Crippen LogP contribution in [0.2, 0.25) is 0 Å². The normalized spacial score (nSPS) is 11.0. The highest BCUT2D eigenvalue weighted by Crippen LogP contribution is 2.20. The number of nitro groups is 1. The number of carbonyl (C=O) groups excluding carboxylic acids is 1. The van der Waals surface area contributed by atoms with Gasteiger partial charge in [0.2, 0.25) is 11.8 Å². The van der Waals surface area contributed by atoms with E-state index in [4.69, 9.17) is 11.5 Å². The molecule has 1 rings (SSSR count). The smallest absolute Gasteiger partial charge is 0.369 e. The SMILES string of the molecule is C/C(CN(C)c1nc(N)[nH]c(=O)c1[N+](=O)[O-])=N/NC(N)=O. The Morgan fingerprint density at radius 3 is 2.76 bits per heavy atom. The number of aromatic nitrogens is 2. The van der Waals surface area contributed by atoms with Crippen LogP contribution < -0.4 is 27.4 Å². The second-order valence-corrected chi connectivity index (χ2v) is 4.06. The number of rotatable bonds is 5. The minimum absolute atomic E-state index is 0.0526. The first kappa shape index (κ1) is 15.9. The summed E-state index contributed by atoms with van der Waals surface area (Å²) in [7, 11) is 1.46. The molecule has 12 nitrogen and oxygen atoms in total. The van der Waals surface area contributed by atoms with E-state index in [2.05, 4.69) is 10.1 Å². The third-order valence-corrected chi connectivity index (χ3v) is 2.26. The van der Waals surface area contributed by atoms with Crippen molar-refractivity contribution < 1.29 is 9.72 Å². The average molecular weight is 298 g/mol. The maximum absolute atomic E-state index is 11.6. The van der Waals surface area contributed by atoms with Crippen molar-refractivity contribution in [3.8, 4) is 0 Å². The molecule has 0 aliphatic carbocycles. The van der Waals surface area contributed by atoms with Crippen molar-refractivity contribution in [3.63, 3.8) is 0 Å². The third kappa shape index (κ3) is 4.15. The minimum atomic E-state index is -0.959. The predicted octanol–water partition coefficient (Wildman–Crippen LogP) is -1.26. The quantitative estimate of drug-likeness (QED) is 0.296. The summed E-state index contributed by atoms with van der Waals surface area (Å²) in [6.45, 7) is 1.60. The maximum Gasteiger partial charge on any atom is 0.375 e. The summed E-state index contributed by atoms with van der Waals surface area (Å²) < 4.78 is 0. The summed E-state index contributed by atoms with van der Waals surface area (Å²) >= 11 is 0. The predicted molar refractivity (Wildman–Crippen MR) is 75.0 cm³/mol. The van der Waals surface area contributed by atoms with E-state index in [0.717, 1.165) is 0 Å². The Labute approximate surface area is 118 Å². The summed E-state index contributed by atoms with van der Waals surface area (Å²) in [4.78, 5) is 39.2. The molecule has 2 amide bonds. The lowest BCUT2D eigenvalue weighted by molar-refractivity contribution is -0.385. The van der Waals surface area contributed by atoms with Crippen LogP contribution in [0, 0.1) is 10.1 Å². The van der Waals surface area contributed by atoms with Crippen molar-refractivity contribution in [2.75, 3.05) is 24.2 Å². The Balaban J connectivity index is 3.10. The summed E-state index contributed by atoms with van der Waals surface area (Å²) in [5.41, 5.74) is 10.9. The van der Waals surface area contributed by atoms with E-state index in [0.29, 0.717) is 5.71 Å². The van der Waals surface area contributed by atoms with E-state index in [1.54, 1.807) is 6.92 Å². The lowest BCUT2D eigenvalue weighted by Crippen LogP contribution is -2.31. The molecule has 12 heteroatoms. The Morgan fingerprint density at radius 1 is 1.62 bits per heavy atom. The minimum Gasteiger partial charge on any atom is -0.369 e. The molecule has 0 radical (unpaired) electrons. The number of nitrogens with zero attached hydrogens (tertiary/aromatic N) is 4. The first-order valence-corrected chi connectivity index (χ1v) is 5.56. The number of nitrogen functional groups attached to an aromatic ring is 1.